The maximum absolute atomic E-state index is 9.85. The van der Waals surface area contributed by atoms with E-state index in [1.54, 1.807) is 0 Å². The molecule has 0 saturated carbocycles. The molecule has 5 nitrogen and oxygen atoms in total. The number of rotatable bonds is 3. The fourth-order valence-corrected chi connectivity index (χ4v) is 0.275. The van der Waals surface area contributed by atoms with Crippen molar-refractivity contribution in [2.75, 3.05) is 0 Å². The summed E-state index contributed by atoms with van der Waals surface area (Å²) < 4.78 is 0. The molecule has 0 aliphatic rings. The molecule has 0 saturated heterocycles. The summed E-state index contributed by atoms with van der Waals surface area (Å²) in [5, 5.41) is 16.0. The van der Waals surface area contributed by atoms with Gasteiger partial charge >= 0.3 is 60.8 Å². The van der Waals surface area contributed by atoms with Gasteiger partial charge in [0.25, 0.3) is 0 Å². The minimum atomic E-state index is -1.29. The maximum atomic E-state index is 9.85. The van der Waals surface area contributed by atoms with Crippen LogP contribution in [-0.2, 0) is 9.59 Å². The van der Waals surface area contributed by atoms with E-state index in [1.165, 1.54) is 0 Å². The molecule has 0 bridgehead atoms. The molecular weight excluding hydrogens is 263 g/mol. The monoisotopic (exact) mass is 273 g/mol. The van der Waals surface area contributed by atoms with Gasteiger partial charge in [-0.3, -0.25) is 9.59 Å². The van der Waals surface area contributed by atoms with Gasteiger partial charge in [-0.25, -0.2) is 0 Å². The third-order valence-corrected chi connectivity index (χ3v) is 0.712. The zero-order valence-corrected chi connectivity index (χ0v) is 4.57. The van der Waals surface area contributed by atoms with Gasteiger partial charge in [0, 0.05) is 0 Å². The standard InChI is InChI=1S/C4H7NO4.Ba.2H/c5-2(4(8)9)1-3(6)7;;;/h2H,1,5H2,(H,6,7)(H,8,9);;;. The Bertz CT molecular complexity index is 137. The van der Waals surface area contributed by atoms with E-state index in [1.807, 2.05) is 0 Å². The summed E-state index contributed by atoms with van der Waals surface area (Å²) in [6, 6.07) is -1.29. The van der Waals surface area contributed by atoms with Crippen LogP contribution < -0.4 is 5.73 Å². The summed E-state index contributed by atoms with van der Waals surface area (Å²) in [4.78, 5) is 19.6. The van der Waals surface area contributed by atoms with Crippen molar-refractivity contribution in [3.63, 3.8) is 0 Å². The molecule has 1 atom stereocenters. The van der Waals surface area contributed by atoms with Crippen molar-refractivity contribution in [2.24, 2.45) is 5.73 Å². The van der Waals surface area contributed by atoms with E-state index in [2.05, 4.69) is 0 Å². The van der Waals surface area contributed by atoms with Crippen LogP contribution >= 0.6 is 0 Å². The van der Waals surface area contributed by atoms with E-state index >= 15 is 0 Å². The van der Waals surface area contributed by atoms with Gasteiger partial charge in [-0.15, -0.1) is 0 Å². The van der Waals surface area contributed by atoms with Gasteiger partial charge in [0.1, 0.15) is 6.04 Å². The molecule has 0 aromatic heterocycles. The van der Waals surface area contributed by atoms with Crippen molar-refractivity contribution in [1.82, 2.24) is 0 Å². The summed E-state index contributed by atoms with van der Waals surface area (Å²) in [5.74, 6) is -2.50. The average Bonchev–Trinajstić information content (AvgIpc) is 1.63. The molecule has 6 heteroatoms. The Balaban J connectivity index is 0. The van der Waals surface area contributed by atoms with Crippen LogP contribution in [0.3, 0.4) is 0 Å². The molecular formula is C4H9BaNO4. The van der Waals surface area contributed by atoms with Gasteiger partial charge in [-0.1, -0.05) is 0 Å². The van der Waals surface area contributed by atoms with Crippen molar-refractivity contribution < 1.29 is 19.8 Å². The summed E-state index contributed by atoms with van der Waals surface area (Å²) in [7, 11) is 0. The molecule has 0 aromatic carbocycles. The number of carboxylic acid groups (broad SMARTS) is 2. The molecule has 0 aromatic rings. The topological polar surface area (TPSA) is 101 Å². The van der Waals surface area contributed by atoms with Gasteiger partial charge in [-0.05, 0) is 0 Å². The Morgan fingerprint density at radius 2 is 1.80 bits per heavy atom. The molecule has 0 radical (unpaired) electrons. The first-order chi connectivity index (χ1) is 4.04. The number of carbonyl (C=O) groups is 2. The molecule has 0 fully saturated rings. The van der Waals surface area contributed by atoms with Crippen molar-refractivity contribution in [3.05, 3.63) is 0 Å². The van der Waals surface area contributed by atoms with E-state index in [0.717, 1.165) is 0 Å². The van der Waals surface area contributed by atoms with E-state index in [-0.39, 0.29) is 48.9 Å². The predicted octanol–water partition coefficient (Wildman–Crippen LogP) is -2.04. The zero-order valence-electron chi connectivity index (χ0n) is 4.57. The fourth-order valence-electron chi connectivity index (χ4n) is 0.275. The molecule has 0 spiro atoms. The predicted molar refractivity (Wildman–Crippen MR) is 36.4 cm³/mol. The SMILES string of the molecule is NC(CC(=O)O)C(=O)O.[BaH2]. The molecule has 0 amide bonds. The molecule has 4 N–H and O–H groups in total. The Morgan fingerprint density at radius 3 is 1.90 bits per heavy atom. The van der Waals surface area contributed by atoms with E-state index in [4.69, 9.17) is 15.9 Å². The van der Waals surface area contributed by atoms with Crippen molar-refractivity contribution in [1.29, 1.82) is 0 Å². The van der Waals surface area contributed by atoms with Crippen LogP contribution in [0.25, 0.3) is 0 Å². The normalized spacial score (nSPS) is 11.3. The number of carboxylic acids is 2. The number of hydrogen-bond donors (Lipinski definition) is 3. The van der Waals surface area contributed by atoms with E-state index in [0.29, 0.717) is 0 Å². The molecule has 1 unspecified atom stereocenters. The van der Waals surface area contributed by atoms with E-state index < -0.39 is 24.4 Å². The van der Waals surface area contributed by atoms with Gasteiger partial charge in [-0.2, -0.15) is 0 Å². The van der Waals surface area contributed by atoms with Crippen molar-refractivity contribution >= 4 is 60.8 Å². The molecule has 0 aliphatic heterocycles. The first-order valence-electron chi connectivity index (χ1n) is 2.24. The van der Waals surface area contributed by atoms with Gasteiger partial charge in [0.15, 0.2) is 0 Å². The van der Waals surface area contributed by atoms with Gasteiger partial charge in [0.2, 0.25) is 0 Å². The van der Waals surface area contributed by atoms with Crippen LogP contribution in [-0.4, -0.2) is 77.1 Å². The zero-order chi connectivity index (χ0) is 7.44. The average molecular weight is 272 g/mol. The molecule has 0 rings (SSSR count). The Kier molecular flexibility index (Phi) is 8.11. The van der Waals surface area contributed by atoms with Crippen LogP contribution in [0.4, 0.5) is 0 Å². The van der Waals surface area contributed by atoms with Crippen LogP contribution in [0.1, 0.15) is 6.42 Å². The Morgan fingerprint density at radius 1 is 1.40 bits per heavy atom. The molecule has 56 valence electrons. The van der Waals surface area contributed by atoms with Crippen LogP contribution in [0, 0.1) is 0 Å². The summed E-state index contributed by atoms with van der Waals surface area (Å²) >= 11 is 0. The molecule has 10 heavy (non-hydrogen) atoms. The summed E-state index contributed by atoms with van der Waals surface area (Å²) in [5.41, 5.74) is 4.84. The second-order valence-corrected chi connectivity index (χ2v) is 1.54. The number of nitrogens with two attached hydrogens (primary N) is 1. The minimum absolute atomic E-state index is 0. The molecule has 0 heterocycles. The molecule has 0 aliphatic carbocycles. The summed E-state index contributed by atoms with van der Waals surface area (Å²) in [6.07, 6.45) is -0.532. The number of aliphatic carboxylic acids is 2. The van der Waals surface area contributed by atoms with Gasteiger partial charge < -0.3 is 15.9 Å². The first kappa shape index (κ1) is 13.1. The quantitative estimate of drug-likeness (QED) is 0.514. The third-order valence-electron chi connectivity index (χ3n) is 0.712. The van der Waals surface area contributed by atoms with Gasteiger partial charge in [0.05, 0.1) is 6.42 Å². The van der Waals surface area contributed by atoms with E-state index in [9.17, 15) is 9.59 Å². The fraction of sp³-hybridized carbons (Fsp3) is 0.500. The van der Waals surface area contributed by atoms with Crippen LogP contribution in [0.15, 0.2) is 0 Å². The Hall–Kier alpha value is 0.471. The first-order valence-corrected chi connectivity index (χ1v) is 2.24. The second-order valence-electron chi connectivity index (χ2n) is 1.54. The third kappa shape index (κ3) is 6.59. The van der Waals surface area contributed by atoms with Crippen molar-refractivity contribution in [2.45, 2.75) is 12.5 Å². The Labute approximate surface area is 97.7 Å². The van der Waals surface area contributed by atoms with Crippen LogP contribution in [0.2, 0.25) is 0 Å². The van der Waals surface area contributed by atoms with Crippen molar-refractivity contribution in [3.8, 4) is 0 Å². The second kappa shape index (κ2) is 6.20. The number of hydrogen-bond acceptors (Lipinski definition) is 3. The van der Waals surface area contributed by atoms with Crippen LogP contribution in [0.5, 0.6) is 0 Å². The summed E-state index contributed by atoms with van der Waals surface area (Å²) in [6.45, 7) is 0.